The van der Waals surface area contributed by atoms with Crippen LogP contribution in [0, 0.1) is 0 Å². The smallest absolute Gasteiger partial charge is 0.327 e. The quantitative estimate of drug-likeness (QED) is 0.885. The summed E-state index contributed by atoms with van der Waals surface area (Å²) in [7, 11) is 0. The number of carboxylic acid groups (broad SMARTS) is 1. The summed E-state index contributed by atoms with van der Waals surface area (Å²) in [5.74, 6) is 0.545. The van der Waals surface area contributed by atoms with Gasteiger partial charge in [0.2, 0.25) is 6.10 Å². The molecule has 2 heterocycles. The van der Waals surface area contributed by atoms with Crippen LogP contribution >= 0.6 is 11.8 Å². The fourth-order valence-corrected chi connectivity index (χ4v) is 3.57. The van der Waals surface area contributed by atoms with Crippen molar-refractivity contribution in [3.05, 3.63) is 24.3 Å². The molecule has 2 unspecified atom stereocenters. The summed E-state index contributed by atoms with van der Waals surface area (Å²) in [4.78, 5) is 25.1. The van der Waals surface area contributed by atoms with Gasteiger partial charge in [0.05, 0.1) is 5.88 Å². The fourth-order valence-electron chi connectivity index (χ4n) is 2.42. The number of hydrogen-bond donors (Lipinski definition) is 1. The molecule has 1 amide bonds. The predicted molar refractivity (Wildman–Crippen MR) is 76.5 cm³/mol. The highest BCUT2D eigenvalue weighted by Gasteiger charge is 2.42. The lowest BCUT2D eigenvalue weighted by molar-refractivity contribution is -0.153. The zero-order chi connectivity index (χ0) is 15.0. The maximum atomic E-state index is 12.6. The van der Waals surface area contributed by atoms with Crippen LogP contribution in [0.2, 0.25) is 0 Å². The molecule has 2 aliphatic rings. The van der Waals surface area contributed by atoms with Crippen molar-refractivity contribution in [2.24, 2.45) is 0 Å². The first kappa shape index (κ1) is 14.1. The largest absolute Gasteiger partial charge is 0.482 e. The lowest BCUT2D eigenvalue weighted by atomic mass is 10.1. The minimum Gasteiger partial charge on any atom is -0.482 e. The molecule has 1 aromatic rings. The minimum absolute atomic E-state index is 0.339. The molecule has 0 aliphatic carbocycles. The van der Waals surface area contributed by atoms with E-state index in [0.717, 1.165) is 0 Å². The van der Waals surface area contributed by atoms with Crippen molar-refractivity contribution in [1.82, 2.24) is 4.90 Å². The van der Waals surface area contributed by atoms with Gasteiger partial charge in [0, 0.05) is 5.75 Å². The Bertz CT molecular complexity index is 578. The van der Waals surface area contributed by atoms with Gasteiger partial charge in [-0.05, 0) is 19.1 Å². The van der Waals surface area contributed by atoms with Gasteiger partial charge >= 0.3 is 5.97 Å². The summed E-state index contributed by atoms with van der Waals surface area (Å²) < 4.78 is 11.4. The molecule has 21 heavy (non-hydrogen) atoms. The molecule has 1 aromatic carbocycles. The van der Waals surface area contributed by atoms with Gasteiger partial charge < -0.3 is 19.5 Å². The third kappa shape index (κ3) is 2.53. The van der Waals surface area contributed by atoms with E-state index >= 15 is 0 Å². The first-order valence-electron chi connectivity index (χ1n) is 6.61. The average Bonchev–Trinajstić information content (AvgIpc) is 2.95. The van der Waals surface area contributed by atoms with Crippen LogP contribution in [0.5, 0.6) is 11.5 Å². The number of carboxylic acids is 1. The number of fused-ring (bicyclic) bond motifs is 1. The number of hydrogen-bond acceptors (Lipinski definition) is 5. The normalized spacial score (nSPS) is 27.5. The number of carbonyl (C=O) groups is 2. The van der Waals surface area contributed by atoms with Crippen LogP contribution in [-0.2, 0) is 9.59 Å². The van der Waals surface area contributed by atoms with Crippen LogP contribution in [0.1, 0.15) is 6.92 Å². The lowest BCUT2D eigenvalue weighted by Crippen LogP contribution is -2.53. The minimum atomic E-state index is -0.988. The van der Waals surface area contributed by atoms with E-state index in [1.807, 2.05) is 6.07 Å². The molecule has 3 rings (SSSR count). The van der Waals surface area contributed by atoms with E-state index in [1.165, 1.54) is 16.7 Å². The highest BCUT2D eigenvalue weighted by molar-refractivity contribution is 7.99. The molecule has 0 saturated carbocycles. The number of para-hydroxylation sites is 2. The molecule has 0 aromatic heterocycles. The fraction of sp³-hybridized carbons (Fsp3) is 0.429. The van der Waals surface area contributed by atoms with Gasteiger partial charge in [-0.1, -0.05) is 12.1 Å². The number of carbonyl (C=O) groups excluding carboxylic acids is 1. The van der Waals surface area contributed by atoms with Gasteiger partial charge in [-0.2, -0.15) is 0 Å². The topological polar surface area (TPSA) is 76.1 Å². The van der Waals surface area contributed by atoms with E-state index in [1.54, 1.807) is 25.1 Å². The average molecular weight is 309 g/mol. The molecule has 1 N–H and O–H groups in total. The summed E-state index contributed by atoms with van der Waals surface area (Å²) in [5.41, 5.74) is 0. The van der Waals surface area contributed by atoms with E-state index in [2.05, 4.69) is 0 Å². The van der Waals surface area contributed by atoms with Gasteiger partial charge in [-0.25, -0.2) is 4.79 Å². The Kier molecular flexibility index (Phi) is 3.67. The molecule has 0 radical (unpaired) electrons. The van der Waals surface area contributed by atoms with Crippen LogP contribution in [-0.4, -0.2) is 51.8 Å². The molecule has 3 atom stereocenters. The molecule has 6 nitrogen and oxygen atoms in total. The molecule has 112 valence electrons. The first-order chi connectivity index (χ1) is 10.1. The zero-order valence-electron chi connectivity index (χ0n) is 11.4. The second-order valence-corrected chi connectivity index (χ2v) is 5.97. The lowest BCUT2D eigenvalue weighted by Gasteiger charge is -2.34. The van der Waals surface area contributed by atoms with Gasteiger partial charge in [0.25, 0.3) is 5.91 Å². The number of amides is 1. The van der Waals surface area contributed by atoms with Crippen LogP contribution < -0.4 is 9.47 Å². The molecule has 7 heteroatoms. The first-order valence-corrected chi connectivity index (χ1v) is 7.77. The number of aliphatic carboxylic acids is 1. The van der Waals surface area contributed by atoms with Crippen molar-refractivity contribution in [2.45, 2.75) is 25.2 Å². The summed E-state index contributed by atoms with van der Waals surface area (Å²) in [6.45, 7) is 1.75. The third-order valence-electron chi connectivity index (χ3n) is 3.54. The third-order valence-corrected chi connectivity index (χ3v) is 4.55. The van der Waals surface area contributed by atoms with E-state index < -0.39 is 24.2 Å². The van der Waals surface area contributed by atoms with Crippen molar-refractivity contribution in [2.75, 3.05) is 11.6 Å². The van der Waals surface area contributed by atoms with E-state index in [-0.39, 0.29) is 5.91 Å². The number of ether oxygens (including phenoxy) is 2. The second kappa shape index (κ2) is 5.48. The van der Waals surface area contributed by atoms with Crippen LogP contribution in [0.4, 0.5) is 0 Å². The molecule has 2 aliphatic heterocycles. The number of rotatable bonds is 2. The summed E-state index contributed by atoms with van der Waals surface area (Å²) in [5, 5.41) is 9.18. The van der Waals surface area contributed by atoms with Crippen molar-refractivity contribution >= 4 is 23.6 Å². The van der Waals surface area contributed by atoms with Crippen LogP contribution in [0.25, 0.3) is 0 Å². The van der Waals surface area contributed by atoms with Gasteiger partial charge in [-0.3, -0.25) is 4.79 Å². The van der Waals surface area contributed by atoms with E-state index in [0.29, 0.717) is 23.1 Å². The van der Waals surface area contributed by atoms with Crippen molar-refractivity contribution in [3.8, 4) is 11.5 Å². The number of thioether (sulfide) groups is 1. The molecule has 1 saturated heterocycles. The highest BCUT2D eigenvalue weighted by atomic mass is 32.2. The Balaban J connectivity index is 1.81. The van der Waals surface area contributed by atoms with E-state index in [4.69, 9.17) is 9.47 Å². The molecular weight excluding hydrogens is 294 g/mol. The second-order valence-electron chi connectivity index (χ2n) is 4.97. The Morgan fingerprint density at radius 1 is 1.29 bits per heavy atom. The molecule has 0 spiro atoms. The van der Waals surface area contributed by atoms with Crippen LogP contribution in [0.3, 0.4) is 0 Å². The maximum absolute atomic E-state index is 12.6. The molecule has 0 bridgehead atoms. The Hall–Kier alpha value is -1.89. The predicted octanol–water partition coefficient (Wildman–Crippen LogP) is 1.20. The summed E-state index contributed by atoms with van der Waals surface area (Å²) >= 11 is 1.43. The standard InChI is InChI=1S/C14H15NO5S/c1-8-12(20-11-5-3-2-4-10(11)19-8)13(16)15-7-21-6-9(15)14(17)18/h2-5,8-9,12H,6-7H2,1H3,(H,17,18)/t8?,9-,12?/m0/s1. The Morgan fingerprint density at radius 2 is 1.95 bits per heavy atom. The van der Waals surface area contributed by atoms with Crippen molar-refractivity contribution in [3.63, 3.8) is 0 Å². The highest BCUT2D eigenvalue weighted by Crippen LogP contribution is 2.34. The SMILES string of the molecule is CC1Oc2ccccc2OC1C(=O)N1CSC[C@H]1C(=O)O. The summed E-state index contributed by atoms with van der Waals surface area (Å²) in [6, 6.07) is 6.34. The summed E-state index contributed by atoms with van der Waals surface area (Å²) in [6.07, 6.45) is -1.28. The van der Waals surface area contributed by atoms with Gasteiger partial charge in [-0.15, -0.1) is 11.8 Å². The number of nitrogens with zero attached hydrogens (tertiary/aromatic N) is 1. The zero-order valence-corrected chi connectivity index (χ0v) is 12.2. The monoisotopic (exact) mass is 309 g/mol. The van der Waals surface area contributed by atoms with Crippen LogP contribution in [0.15, 0.2) is 24.3 Å². The Labute approximate surface area is 126 Å². The molecular formula is C14H15NO5S. The van der Waals surface area contributed by atoms with Crippen molar-refractivity contribution in [1.29, 1.82) is 0 Å². The molecule has 1 fully saturated rings. The van der Waals surface area contributed by atoms with Crippen molar-refractivity contribution < 1.29 is 24.2 Å². The Morgan fingerprint density at radius 3 is 2.62 bits per heavy atom. The number of benzene rings is 1. The van der Waals surface area contributed by atoms with Gasteiger partial charge in [0.15, 0.2) is 11.5 Å². The maximum Gasteiger partial charge on any atom is 0.327 e. The van der Waals surface area contributed by atoms with Gasteiger partial charge in [0.1, 0.15) is 12.1 Å². The van der Waals surface area contributed by atoms with E-state index in [9.17, 15) is 14.7 Å².